The fourth-order valence-electron chi connectivity index (χ4n) is 0.770. The average molecular weight is 178 g/mol. The minimum Gasteiger partial charge on any atom is -0.342 e. The number of carbonyl (C=O) groups is 2. The largest absolute Gasteiger partial charge is 0.342 e. The second kappa shape index (κ2) is 3.54. The van der Waals surface area contributed by atoms with E-state index in [0.29, 0.717) is 6.54 Å². The number of alkyl halides is 1. The highest BCUT2D eigenvalue weighted by atomic mass is 35.5. The van der Waals surface area contributed by atoms with Crippen molar-refractivity contribution in [1.29, 1.82) is 0 Å². The van der Waals surface area contributed by atoms with Crippen LogP contribution < -0.4 is 16.2 Å². The summed E-state index contributed by atoms with van der Waals surface area (Å²) in [4.78, 5) is 21.5. The van der Waals surface area contributed by atoms with Crippen LogP contribution in [0.2, 0.25) is 0 Å². The molecule has 0 aliphatic carbocycles. The molecule has 1 heterocycles. The quantitative estimate of drug-likeness (QED) is 0.443. The SMILES string of the molecule is O=C(CCl)N[C@@H]1CNNC1=O. The molecule has 5 nitrogen and oxygen atoms in total. The van der Waals surface area contributed by atoms with E-state index in [0.717, 1.165) is 0 Å². The smallest absolute Gasteiger partial charge is 0.258 e. The predicted molar refractivity (Wildman–Crippen MR) is 38.8 cm³/mol. The lowest BCUT2D eigenvalue weighted by Gasteiger charge is -2.05. The van der Waals surface area contributed by atoms with Gasteiger partial charge in [0.05, 0.1) is 0 Å². The number of hydrazine groups is 1. The molecule has 1 fully saturated rings. The molecular weight excluding hydrogens is 170 g/mol. The Labute approximate surface area is 68.4 Å². The van der Waals surface area contributed by atoms with Crippen molar-refractivity contribution in [1.82, 2.24) is 16.2 Å². The third-order valence-corrected chi connectivity index (χ3v) is 1.53. The number of rotatable bonds is 2. The van der Waals surface area contributed by atoms with Crippen molar-refractivity contribution in [3.05, 3.63) is 0 Å². The van der Waals surface area contributed by atoms with Crippen LogP contribution in [0.4, 0.5) is 0 Å². The molecule has 11 heavy (non-hydrogen) atoms. The molecule has 6 heteroatoms. The lowest BCUT2D eigenvalue weighted by molar-refractivity contribution is -0.126. The van der Waals surface area contributed by atoms with Crippen LogP contribution in [0.15, 0.2) is 0 Å². The molecular formula is C5H8ClN3O2. The highest BCUT2D eigenvalue weighted by Crippen LogP contribution is 1.88. The Morgan fingerprint density at radius 2 is 2.55 bits per heavy atom. The van der Waals surface area contributed by atoms with E-state index in [4.69, 9.17) is 11.6 Å². The molecule has 62 valence electrons. The summed E-state index contributed by atoms with van der Waals surface area (Å²) in [6.07, 6.45) is 0. The van der Waals surface area contributed by atoms with Crippen LogP contribution in [-0.4, -0.2) is 30.3 Å². The fourth-order valence-corrected chi connectivity index (χ4v) is 0.847. The molecule has 1 atom stereocenters. The van der Waals surface area contributed by atoms with Gasteiger partial charge in [0.1, 0.15) is 11.9 Å². The first kappa shape index (κ1) is 8.29. The first-order valence-corrected chi connectivity index (χ1v) is 3.65. The van der Waals surface area contributed by atoms with Gasteiger partial charge >= 0.3 is 0 Å². The van der Waals surface area contributed by atoms with E-state index < -0.39 is 6.04 Å². The van der Waals surface area contributed by atoms with E-state index in [1.807, 2.05) is 0 Å². The maximum atomic E-state index is 10.8. The number of amides is 2. The third kappa shape index (κ3) is 2.06. The Morgan fingerprint density at radius 3 is 3.00 bits per heavy atom. The highest BCUT2D eigenvalue weighted by Gasteiger charge is 2.24. The Kier molecular flexibility index (Phi) is 2.67. The summed E-state index contributed by atoms with van der Waals surface area (Å²) < 4.78 is 0. The van der Waals surface area contributed by atoms with Crippen LogP contribution in [0.3, 0.4) is 0 Å². The topological polar surface area (TPSA) is 70.2 Å². The Bertz CT molecular complexity index is 185. The van der Waals surface area contributed by atoms with Crippen molar-refractivity contribution >= 4 is 23.4 Å². The van der Waals surface area contributed by atoms with Gasteiger partial charge in [-0.3, -0.25) is 15.0 Å². The normalized spacial score (nSPS) is 23.0. The molecule has 2 amide bonds. The van der Waals surface area contributed by atoms with E-state index in [-0.39, 0.29) is 17.7 Å². The molecule has 0 aromatic carbocycles. The minimum atomic E-state index is -0.485. The molecule has 0 aromatic rings. The second-order valence-corrected chi connectivity index (χ2v) is 2.39. The fraction of sp³-hybridized carbons (Fsp3) is 0.600. The average Bonchev–Trinajstić information content (AvgIpc) is 2.37. The minimum absolute atomic E-state index is 0.121. The molecule has 1 saturated heterocycles. The van der Waals surface area contributed by atoms with Crippen molar-refractivity contribution in [2.24, 2.45) is 0 Å². The Hall–Kier alpha value is -0.810. The molecule has 0 aromatic heterocycles. The maximum absolute atomic E-state index is 10.8. The Balaban J connectivity index is 2.36. The molecule has 0 radical (unpaired) electrons. The number of hydrogen-bond donors (Lipinski definition) is 3. The van der Waals surface area contributed by atoms with Crippen LogP contribution in [0.5, 0.6) is 0 Å². The number of carbonyl (C=O) groups excluding carboxylic acids is 2. The van der Waals surface area contributed by atoms with Crippen molar-refractivity contribution in [2.75, 3.05) is 12.4 Å². The zero-order valence-corrected chi connectivity index (χ0v) is 6.44. The van der Waals surface area contributed by atoms with Crippen molar-refractivity contribution in [3.63, 3.8) is 0 Å². The van der Waals surface area contributed by atoms with Crippen LogP contribution in [-0.2, 0) is 9.59 Å². The lowest BCUT2D eigenvalue weighted by Crippen LogP contribution is -2.42. The van der Waals surface area contributed by atoms with Crippen LogP contribution in [0.1, 0.15) is 0 Å². The summed E-state index contributed by atoms with van der Waals surface area (Å²) in [7, 11) is 0. The zero-order chi connectivity index (χ0) is 8.27. The summed E-state index contributed by atoms with van der Waals surface area (Å²) in [5.41, 5.74) is 4.95. The zero-order valence-electron chi connectivity index (χ0n) is 5.69. The van der Waals surface area contributed by atoms with Crippen LogP contribution in [0.25, 0.3) is 0 Å². The summed E-state index contributed by atoms with van der Waals surface area (Å²) in [6, 6.07) is -0.485. The van der Waals surface area contributed by atoms with Gasteiger partial charge in [-0.05, 0) is 0 Å². The number of nitrogens with one attached hydrogen (secondary N) is 3. The molecule has 3 N–H and O–H groups in total. The molecule has 0 bridgehead atoms. The molecule has 0 unspecified atom stereocenters. The highest BCUT2D eigenvalue weighted by molar-refractivity contribution is 6.27. The van der Waals surface area contributed by atoms with Gasteiger partial charge in [0.2, 0.25) is 5.91 Å². The van der Waals surface area contributed by atoms with Crippen molar-refractivity contribution in [2.45, 2.75) is 6.04 Å². The van der Waals surface area contributed by atoms with E-state index in [1.54, 1.807) is 0 Å². The lowest BCUT2D eigenvalue weighted by atomic mass is 10.3. The van der Waals surface area contributed by atoms with Gasteiger partial charge in [-0.2, -0.15) is 0 Å². The van der Waals surface area contributed by atoms with E-state index in [9.17, 15) is 9.59 Å². The molecule has 0 saturated carbocycles. The van der Waals surface area contributed by atoms with E-state index in [2.05, 4.69) is 16.2 Å². The van der Waals surface area contributed by atoms with Gasteiger partial charge in [-0.1, -0.05) is 0 Å². The standard InChI is InChI=1S/C5H8ClN3O2/c6-1-4(10)8-3-2-7-9-5(3)11/h3,7H,1-2H2,(H,8,10)(H,9,11)/t3-/m1/s1. The first-order chi connectivity index (χ1) is 5.24. The summed E-state index contributed by atoms with van der Waals surface area (Å²) >= 11 is 5.21. The second-order valence-electron chi connectivity index (χ2n) is 2.12. The number of hydrogen-bond acceptors (Lipinski definition) is 3. The molecule has 0 spiro atoms. The van der Waals surface area contributed by atoms with E-state index >= 15 is 0 Å². The summed E-state index contributed by atoms with van der Waals surface area (Å²) in [6.45, 7) is 0.404. The summed E-state index contributed by atoms with van der Waals surface area (Å²) in [5.74, 6) is -0.692. The van der Waals surface area contributed by atoms with Gasteiger partial charge < -0.3 is 5.32 Å². The van der Waals surface area contributed by atoms with Gasteiger partial charge in [-0.25, -0.2) is 5.43 Å². The molecule has 1 aliphatic rings. The molecule has 1 rings (SSSR count). The van der Waals surface area contributed by atoms with Crippen molar-refractivity contribution < 1.29 is 9.59 Å². The van der Waals surface area contributed by atoms with E-state index in [1.165, 1.54) is 0 Å². The predicted octanol–water partition coefficient (Wildman–Crippen LogP) is -1.66. The first-order valence-electron chi connectivity index (χ1n) is 3.12. The third-order valence-electron chi connectivity index (χ3n) is 1.29. The Morgan fingerprint density at radius 1 is 1.82 bits per heavy atom. The van der Waals surface area contributed by atoms with Crippen LogP contribution in [0, 0.1) is 0 Å². The van der Waals surface area contributed by atoms with Gasteiger partial charge in [0, 0.05) is 6.54 Å². The van der Waals surface area contributed by atoms with Crippen LogP contribution >= 0.6 is 11.6 Å². The maximum Gasteiger partial charge on any atom is 0.258 e. The van der Waals surface area contributed by atoms with Crippen molar-refractivity contribution in [3.8, 4) is 0 Å². The van der Waals surface area contributed by atoms with Gasteiger partial charge in [0.15, 0.2) is 0 Å². The summed E-state index contributed by atoms with van der Waals surface area (Å²) in [5, 5.41) is 2.43. The number of halogens is 1. The molecule has 1 aliphatic heterocycles. The monoisotopic (exact) mass is 177 g/mol. The van der Waals surface area contributed by atoms with Gasteiger partial charge in [-0.15, -0.1) is 11.6 Å². The van der Waals surface area contributed by atoms with Gasteiger partial charge in [0.25, 0.3) is 5.91 Å².